The van der Waals surface area contributed by atoms with Gasteiger partial charge in [0.05, 0.1) is 0 Å². The summed E-state index contributed by atoms with van der Waals surface area (Å²) < 4.78 is 5.34. The van der Waals surface area contributed by atoms with Crippen molar-refractivity contribution in [2.45, 2.75) is 91.8 Å². The molecular weight excluding hydrogens is 574 g/mol. The fourth-order valence-electron chi connectivity index (χ4n) is 5.69. The van der Waals surface area contributed by atoms with Crippen LogP contribution in [0.1, 0.15) is 62.8 Å². The van der Waals surface area contributed by atoms with Crippen molar-refractivity contribution in [2.75, 3.05) is 6.54 Å². The number of hydrogen-bond acceptors (Lipinski definition) is 7. The molecule has 0 aromatic heterocycles. The zero-order valence-electron chi connectivity index (χ0n) is 27.0. The first-order valence-electron chi connectivity index (χ1n) is 15.6. The van der Waals surface area contributed by atoms with E-state index in [9.17, 15) is 19.2 Å². The Kier molecular flexibility index (Phi) is 11.3. The molecule has 45 heavy (non-hydrogen) atoms. The van der Waals surface area contributed by atoms with E-state index in [-0.39, 0.29) is 24.3 Å². The van der Waals surface area contributed by atoms with Crippen molar-refractivity contribution in [3.05, 3.63) is 70.8 Å². The zero-order valence-corrected chi connectivity index (χ0v) is 27.0. The number of ether oxygens (including phenoxy) is 1. The average Bonchev–Trinajstić information content (AvgIpc) is 3.67. The Morgan fingerprint density at radius 3 is 2.20 bits per heavy atom. The van der Waals surface area contributed by atoms with Crippen LogP contribution in [0.15, 0.2) is 53.5 Å². The van der Waals surface area contributed by atoms with Crippen LogP contribution < -0.4 is 10.6 Å². The highest BCUT2D eigenvalue weighted by Gasteiger charge is 2.41. The predicted octanol–water partition coefficient (Wildman–Crippen LogP) is 4.06. The zero-order chi connectivity index (χ0) is 32.7. The van der Waals surface area contributed by atoms with Gasteiger partial charge in [-0.2, -0.15) is 5.06 Å². The third-order valence-electron chi connectivity index (χ3n) is 7.97. The Hall–Kier alpha value is -4.25. The summed E-state index contributed by atoms with van der Waals surface area (Å²) in [6, 6.07) is 12.9. The molecular formula is C34H45N5O6. The molecule has 0 saturated carbocycles. The number of hydroxylamine groups is 2. The molecule has 4 rings (SSSR count). The predicted molar refractivity (Wildman–Crippen MR) is 170 cm³/mol. The number of hydrogen-bond donors (Lipinski definition) is 2. The summed E-state index contributed by atoms with van der Waals surface area (Å²) in [5.74, 6) is -1.74. The van der Waals surface area contributed by atoms with E-state index < -0.39 is 42.3 Å². The molecule has 2 unspecified atom stereocenters. The maximum Gasteiger partial charge on any atom is 0.408 e. The smallest absolute Gasteiger partial charge is 0.408 e. The van der Waals surface area contributed by atoms with Crippen molar-refractivity contribution in [1.82, 2.24) is 20.6 Å². The molecule has 2 aliphatic rings. The fraction of sp³-hybridized carbons (Fsp3) is 0.500. The second-order valence-corrected chi connectivity index (χ2v) is 12.5. The lowest BCUT2D eigenvalue weighted by molar-refractivity contribution is -0.171. The van der Waals surface area contributed by atoms with Gasteiger partial charge in [-0.15, -0.1) is 0 Å². The van der Waals surface area contributed by atoms with E-state index in [2.05, 4.69) is 33.8 Å². The second kappa shape index (κ2) is 15.2. The van der Waals surface area contributed by atoms with Gasteiger partial charge >= 0.3 is 6.09 Å². The van der Waals surface area contributed by atoms with Crippen LogP contribution in [-0.2, 0) is 37.0 Å². The lowest BCUT2D eigenvalue weighted by atomic mass is 10.0. The monoisotopic (exact) mass is 619 g/mol. The fourth-order valence-corrected chi connectivity index (χ4v) is 5.69. The maximum absolute atomic E-state index is 13.7. The largest absolute Gasteiger partial charge is 0.445 e. The molecule has 0 aliphatic carbocycles. The molecule has 4 amide bonds. The minimum absolute atomic E-state index is 0.0722. The van der Waals surface area contributed by atoms with E-state index in [0.717, 1.165) is 27.3 Å². The van der Waals surface area contributed by atoms with Gasteiger partial charge in [0, 0.05) is 13.0 Å². The highest BCUT2D eigenvalue weighted by atomic mass is 16.7. The molecule has 1 saturated heterocycles. The van der Waals surface area contributed by atoms with Gasteiger partial charge in [0.2, 0.25) is 11.8 Å². The highest BCUT2D eigenvalue weighted by molar-refractivity contribution is 5.96. The molecule has 4 atom stereocenters. The average molecular weight is 620 g/mol. The van der Waals surface area contributed by atoms with Crippen LogP contribution in [0.3, 0.4) is 0 Å². The second-order valence-electron chi connectivity index (χ2n) is 12.5. The number of rotatable bonds is 11. The summed E-state index contributed by atoms with van der Waals surface area (Å²) in [6.45, 7) is 11.8. The van der Waals surface area contributed by atoms with Crippen molar-refractivity contribution in [3.8, 4) is 0 Å². The molecule has 0 bridgehead atoms. The normalized spacial score (nSPS) is 19.1. The number of carbonyl (C=O) groups excluding carboxylic acids is 4. The maximum atomic E-state index is 13.7. The Bertz CT molecular complexity index is 1370. The summed E-state index contributed by atoms with van der Waals surface area (Å²) >= 11 is 0. The van der Waals surface area contributed by atoms with Gasteiger partial charge in [-0.3, -0.25) is 14.4 Å². The van der Waals surface area contributed by atoms with E-state index in [1.54, 1.807) is 0 Å². The van der Waals surface area contributed by atoms with Gasteiger partial charge in [0.15, 0.2) is 6.23 Å². The quantitative estimate of drug-likeness (QED) is 0.390. The first-order valence-corrected chi connectivity index (χ1v) is 15.6. The van der Waals surface area contributed by atoms with Gasteiger partial charge < -0.3 is 20.3 Å². The van der Waals surface area contributed by atoms with Crippen LogP contribution in [0.5, 0.6) is 0 Å². The summed E-state index contributed by atoms with van der Waals surface area (Å²) in [4.78, 5) is 65.0. The van der Waals surface area contributed by atoms with E-state index in [1.165, 1.54) is 11.2 Å². The number of nitrogens with one attached hydrogen (secondary N) is 2. The van der Waals surface area contributed by atoms with Crippen molar-refractivity contribution in [2.24, 2.45) is 16.8 Å². The Morgan fingerprint density at radius 1 is 0.911 bits per heavy atom. The molecule has 0 radical (unpaired) electrons. The number of carbonyl (C=O) groups is 4. The molecule has 2 aromatic carbocycles. The highest BCUT2D eigenvalue weighted by Crippen LogP contribution is 2.22. The van der Waals surface area contributed by atoms with Crippen LogP contribution >= 0.6 is 0 Å². The number of amides is 4. The van der Waals surface area contributed by atoms with E-state index in [1.807, 2.05) is 71.9 Å². The molecule has 0 spiro atoms. The van der Waals surface area contributed by atoms with Crippen LogP contribution in [0.4, 0.5) is 4.79 Å². The first kappa shape index (κ1) is 33.6. The first-order chi connectivity index (χ1) is 21.4. The molecule has 2 aliphatic heterocycles. The Labute approximate surface area is 265 Å². The van der Waals surface area contributed by atoms with Gasteiger partial charge in [0.1, 0.15) is 31.1 Å². The SMILES string of the molecule is Cc1cc(C)cc(CC2N=CN(C(=O)C(NC(=O)[C@@H]3CCCN3C(=O)[C@@H](NC(=O)OCc3ccccc3)C(C)C)C(C)C)O2)c1. The summed E-state index contributed by atoms with van der Waals surface area (Å²) in [6.07, 6.45) is 1.67. The van der Waals surface area contributed by atoms with Crippen LogP contribution in [0, 0.1) is 25.7 Å². The lowest BCUT2D eigenvalue weighted by Crippen LogP contribution is -2.58. The van der Waals surface area contributed by atoms with E-state index in [4.69, 9.17) is 9.57 Å². The minimum atomic E-state index is -0.895. The van der Waals surface area contributed by atoms with Crippen LogP contribution in [0.25, 0.3) is 0 Å². The number of aliphatic imine (C=N–C) groups is 1. The van der Waals surface area contributed by atoms with Gasteiger partial charge in [-0.05, 0) is 49.7 Å². The van der Waals surface area contributed by atoms with Gasteiger partial charge in [0.25, 0.3) is 5.91 Å². The topological polar surface area (TPSA) is 130 Å². The summed E-state index contributed by atoms with van der Waals surface area (Å²) in [5.41, 5.74) is 4.16. The Morgan fingerprint density at radius 2 is 1.56 bits per heavy atom. The standard InChI is InChI=1S/C34H45N5O6/c1-21(2)29(37-34(43)44-19-25-11-8-7-9-12-25)32(41)38-14-10-13-27(38)31(40)36-30(22(3)4)33(42)39-20-35-28(45-39)18-26-16-23(5)15-24(6)17-26/h7-9,11-12,15-17,20-22,27-30H,10,13-14,18-19H2,1-6H3,(H,36,40)(H,37,43)/t27-,28?,29-,30?/m0/s1. The number of likely N-dealkylation sites (tertiary alicyclic amines) is 1. The molecule has 1 fully saturated rings. The van der Waals surface area contributed by atoms with E-state index >= 15 is 0 Å². The summed E-state index contributed by atoms with van der Waals surface area (Å²) in [7, 11) is 0. The molecule has 11 heteroatoms. The molecule has 242 valence electrons. The minimum Gasteiger partial charge on any atom is -0.445 e. The van der Waals surface area contributed by atoms with Gasteiger partial charge in [-0.25, -0.2) is 14.6 Å². The molecule has 2 heterocycles. The third-order valence-corrected chi connectivity index (χ3v) is 7.97. The van der Waals surface area contributed by atoms with Crippen molar-refractivity contribution < 1.29 is 28.8 Å². The van der Waals surface area contributed by atoms with Crippen LogP contribution in [0.2, 0.25) is 0 Å². The molecule has 2 N–H and O–H groups in total. The number of benzene rings is 2. The van der Waals surface area contributed by atoms with E-state index in [0.29, 0.717) is 25.8 Å². The molecule has 11 nitrogen and oxygen atoms in total. The Balaban J connectivity index is 1.35. The van der Waals surface area contributed by atoms with Crippen LogP contribution in [-0.4, -0.2) is 71.0 Å². The third kappa shape index (κ3) is 8.91. The number of nitrogens with zero attached hydrogens (tertiary/aromatic N) is 3. The molecule has 2 aromatic rings. The number of aryl methyl sites for hydroxylation is 2. The lowest BCUT2D eigenvalue weighted by Gasteiger charge is -2.32. The van der Waals surface area contributed by atoms with Crippen molar-refractivity contribution in [1.29, 1.82) is 0 Å². The van der Waals surface area contributed by atoms with Crippen molar-refractivity contribution in [3.63, 3.8) is 0 Å². The van der Waals surface area contributed by atoms with Crippen molar-refractivity contribution >= 4 is 30.2 Å². The summed E-state index contributed by atoms with van der Waals surface area (Å²) in [5, 5.41) is 6.65. The van der Waals surface area contributed by atoms with Gasteiger partial charge in [-0.1, -0.05) is 87.4 Å². The number of alkyl carbamates (subject to hydrolysis) is 1.